The second kappa shape index (κ2) is 5.17. The van der Waals surface area contributed by atoms with Crippen molar-refractivity contribution >= 4 is 40.6 Å². The lowest BCUT2D eigenvalue weighted by Crippen LogP contribution is -2.03. The highest BCUT2D eigenvalue weighted by Crippen LogP contribution is 2.31. The standard InChI is InChI=1S/C16H11Cl2NO2/c1-8-2-3-9(5-12(8)17)16(21)11-4-10-6-15(20)19-14(10)7-13(11)18/h2-5,7H,6H2,1H3,(H,19,20). The third-order valence-corrected chi connectivity index (χ3v) is 4.22. The van der Waals surface area contributed by atoms with E-state index in [0.29, 0.717) is 26.9 Å². The van der Waals surface area contributed by atoms with Crippen LogP contribution >= 0.6 is 23.2 Å². The molecule has 1 amide bonds. The smallest absolute Gasteiger partial charge is 0.228 e. The molecule has 3 rings (SSSR count). The van der Waals surface area contributed by atoms with Crippen LogP contribution in [0.4, 0.5) is 5.69 Å². The van der Waals surface area contributed by atoms with Crippen LogP contribution in [0.5, 0.6) is 0 Å². The molecular weight excluding hydrogens is 309 g/mol. The Bertz CT molecular complexity index is 784. The lowest BCUT2D eigenvalue weighted by Gasteiger charge is -2.08. The fraction of sp³-hybridized carbons (Fsp3) is 0.125. The average molecular weight is 320 g/mol. The zero-order valence-electron chi connectivity index (χ0n) is 11.2. The third kappa shape index (κ3) is 2.55. The molecule has 5 heteroatoms. The summed E-state index contributed by atoms with van der Waals surface area (Å²) in [4.78, 5) is 24.0. The molecule has 2 aromatic carbocycles. The minimum Gasteiger partial charge on any atom is -0.325 e. The van der Waals surface area contributed by atoms with Gasteiger partial charge < -0.3 is 5.32 Å². The highest BCUT2D eigenvalue weighted by atomic mass is 35.5. The van der Waals surface area contributed by atoms with Crippen molar-refractivity contribution in [1.29, 1.82) is 0 Å². The molecule has 1 N–H and O–H groups in total. The molecule has 0 saturated carbocycles. The molecule has 0 radical (unpaired) electrons. The molecule has 0 unspecified atom stereocenters. The fourth-order valence-electron chi connectivity index (χ4n) is 2.31. The van der Waals surface area contributed by atoms with Crippen LogP contribution in [0.1, 0.15) is 27.0 Å². The number of halogens is 2. The maximum Gasteiger partial charge on any atom is 0.228 e. The molecule has 1 aliphatic rings. The van der Waals surface area contributed by atoms with Crippen LogP contribution in [0.25, 0.3) is 0 Å². The van der Waals surface area contributed by atoms with Gasteiger partial charge in [0.05, 0.1) is 11.4 Å². The number of aryl methyl sites for hydroxylation is 1. The van der Waals surface area contributed by atoms with Crippen molar-refractivity contribution in [2.45, 2.75) is 13.3 Å². The molecule has 0 spiro atoms. The van der Waals surface area contributed by atoms with Crippen LogP contribution in [-0.4, -0.2) is 11.7 Å². The highest BCUT2D eigenvalue weighted by molar-refractivity contribution is 6.36. The van der Waals surface area contributed by atoms with Gasteiger partial charge in [0, 0.05) is 21.8 Å². The summed E-state index contributed by atoms with van der Waals surface area (Å²) in [6.45, 7) is 1.87. The van der Waals surface area contributed by atoms with E-state index in [1.807, 2.05) is 6.92 Å². The van der Waals surface area contributed by atoms with Crippen LogP contribution in [0.3, 0.4) is 0 Å². The number of carbonyl (C=O) groups excluding carboxylic acids is 2. The molecule has 3 nitrogen and oxygen atoms in total. The van der Waals surface area contributed by atoms with E-state index in [1.165, 1.54) is 0 Å². The summed E-state index contributed by atoms with van der Waals surface area (Å²) in [7, 11) is 0. The lowest BCUT2D eigenvalue weighted by atomic mass is 9.99. The summed E-state index contributed by atoms with van der Waals surface area (Å²) in [6.07, 6.45) is 0.265. The van der Waals surface area contributed by atoms with E-state index >= 15 is 0 Å². The van der Waals surface area contributed by atoms with Crippen LogP contribution < -0.4 is 5.32 Å². The minimum absolute atomic E-state index is 0.0935. The molecule has 2 aromatic rings. The van der Waals surface area contributed by atoms with Crippen molar-refractivity contribution in [2.24, 2.45) is 0 Å². The number of hydrogen-bond donors (Lipinski definition) is 1. The van der Waals surface area contributed by atoms with Gasteiger partial charge in [0.25, 0.3) is 0 Å². The number of rotatable bonds is 2. The van der Waals surface area contributed by atoms with Crippen LogP contribution in [0.2, 0.25) is 10.0 Å². The molecule has 1 aliphatic heterocycles. The van der Waals surface area contributed by atoms with Crippen molar-refractivity contribution in [3.05, 3.63) is 62.6 Å². The van der Waals surface area contributed by atoms with E-state index in [-0.39, 0.29) is 18.1 Å². The number of fused-ring (bicyclic) bond motifs is 1. The predicted octanol–water partition coefficient (Wildman–Crippen LogP) is 4.03. The third-order valence-electron chi connectivity index (χ3n) is 3.50. The van der Waals surface area contributed by atoms with E-state index < -0.39 is 0 Å². The Hall–Kier alpha value is -1.84. The summed E-state index contributed by atoms with van der Waals surface area (Å²) in [5.74, 6) is -0.298. The summed E-state index contributed by atoms with van der Waals surface area (Å²) in [5, 5.41) is 3.56. The number of amides is 1. The first-order valence-electron chi connectivity index (χ1n) is 6.39. The molecule has 0 saturated heterocycles. The molecule has 0 aliphatic carbocycles. The van der Waals surface area contributed by atoms with Crippen molar-refractivity contribution in [2.75, 3.05) is 5.32 Å². The fourth-order valence-corrected chi connectivity index (χ4v) is 2.74. The second-order valence-corrected chi connectivity index (χ2v) is 5.82. The number of anilines is 1. The van der Waals surface area contributed by atoms with Gasteiger partial charge in [0.15, 0.2) is 5.78 Å². The Morgan fingerprint density at radius 2 is 1.90 bits per heavy atom. The Kier molecular flexibility index (Phi) is 3.47. The Morgan fingerprint density at radius 3 is 2.62 bits per heavy atom. The number of benzene rings is 2. The number of ketones is 1. The number of carbonyl (C=O) groups is 2. The number of hydrogen-bond acceptors (Lipinski definition) is 2. The van der Waals surface area contributed by atoms with Gasteiger partial charge in [-0.25, -0.2) is 0 Å². The molecule has 1 heterocycles. The molecular formula is C16H11Cl2NO2. The van der Waals surface area contributed by atoms with Gasteiger partial charge in [-0.05, 0) is 36.2 Å². The van der Waals surface area contributed by atoms with Gasteiger partial charge in [-0.15, -0.1) is 0 Å². The first-order chi connectivity index (χ1) is 9.95. The maximum atomic E-state index is 12.6. The van der Waals surface area contributed by atoms with Gasteiger partial charge in [-0.3, -0.25) is 9.59 Å². The molecule has 0 atom stereocenters. The van der Waals surface area contributed by atoms with E-state index in [1.54, 1.807) is 30.3 Å². The van der Waals surface area contributed by atoms with Gasteiger partial charge in [-0.1, -0.05) is 35.3 Å². The van der Waals surface area contributed by atoms with Crippen LogP contribution in [-0.2, 0) is 11.2 Å². The maximum absolute atomic E-state index is 12.6. The van der Waals surface area contributed by atoms with E-state index in [9.17, 15) is 9.59 Å². The van der Waals surface area contributed by atoms with Crippen molar-refractivity contribution in [3.8, 4) is 0 Å². The quantitative estimate of drug-likeness (QED) is 0.849. The van der Waals surface area contributed by atoms with Gasteiger partial charge in [0.1, 0.15) is 0 Å². The Morgan fingerprint density at radius 1 is 1.14 bits per heavy atom. The zero-order valence-corrected chi connectivity index (χ0v) is 12.7. The monoisotopic (exact) mass is 319 g/mol. The second-order valence-electron chi connectivity index (χ2n) is 5.01. The normalized spacial score (nSPS) is 13.0. The van der Waals surface area contributed by atoms with E-state index in [4.69, 9.17) is 23.2 Å². The summed E-state index contributed by atoms with van der Waals surface area (Å²) in [5.41, 5.74) is 3.22. The molecule has 0 bridgehead atoms. The van der Waals surface area contributed by atoms with Gasteiger partial charge in [-0.2, -0.15) is 0 Å². The molecule has 0 aromatic heterocycles. The van der Waals surface area contributed by atoms with Crippen LogP contribution in [0.15, 0.2) is 30.3 Å². The summed E-state index contributed by atoms with van der Waals surface area (Å²) in [6, 6.07) is 8.43. The lowest BCUT2D eigenvalue weighted by molar-refractivity contribution is -0.115. The van der Waals surface area contributed by atoms with E-state index in [2.05, 4.69) is 5.32 Å². The average Bonchev–Trinajstić information content (AvgIpc) is 2.79. The first-order valence-corrected chi connectivity index (χ1v) is 7.14. The van der Waals surface area contributed by atoms with Gasteiger partial charge in [0.2, 0.25) is 5.91 Å². The molecule has 106 valence electrons. The van der Waals surface area contributed by atoms with Crippen LogP contribution in [0, 0.1) is 6.92 Å². The van der Waals surface area contributed by atoms with Crippen molar-refractivity contribution in [3.63, 3.8) is 0 Å². The molecule has 21 heavy (non-hydrogen) atoms. The Balaban J connectivity index is 2.04. The highest BCUT2D eigenvalue weighted by Gasteiger charge is 2.22. The zero-order chi connectivity index (χ0) is 15.1. The first kappa shape index (κ1) is 14.1. The SMILES string of the molecule is Cc1ccc(C(=O)c2cc3c(cc2Cl)NC(=O)C3)cc1Cl. The summed E-state index contributed by atoms with van der Waals surface area (Å²) >= 11 is 12.2. The largest absolute Gasteiger partial charge is 0.325 e. The van der Waals surface area contributed by atoms with E-state index in [0.717, 1.165) is 11.1 Å². The molecule has 0 fully saturated rings. The van der Waals surface area contributed by atoms with Crippen molar-refractivity contribution < 1.29 is 9.59 Å². The Labute approximate surface area is 131 Å². The van der Waals surface area contributed by atoms with Crippen molar-refractivity contribution in [1.82, 2.24) is 0 Å². The topological polar surface area (TPSA) is 46.2 Å². The summed E-state index contributed by atoms with van der Waals surface area (Å²) < 4.78 is 0. The van der Waals surface area contributed by atoms with Gasteiger partial charge >= 0.3 is 0 Å². The minimum atomic E-state index is -0.205. The predicted molar refractivity (Wildman–Crippen MR) is 83.4 cm³/mol. The number of nitrogens with one attached hydrogen (secondary N) is 1.